The Bertz CT molecular complexity index is 647. The molecule has 0 unspecified atom stereocenters. The Morgan fingerprint density at radius 1 is 1.05 bits per heavy atom. The molecule has 0 fully saturated rings. The van der Waals surface area contributed by atoms with Gasteiger partial charge in [-0.15, -0.1) is 0 Å². The van der Waals surface area contributed by atoms with Gasteiger partial charge in [-0.3, -0.25) is 0 Å². The first-order valence-corrected chi connectivity index (χ1v) is 6.96. The Hall–Kier alpha value is -1.23. The molecule has 0 bridgehead atoms. The number of hydrogen-bond acceptors (Lipinski definition) is 4. The maximum absolute atomic E-state index is 6.08. The van der Waals surface area contributed by atoms with Gasteiger partial charge in [-0.05, 0) is 12.0 Å². The molecule has 1 aromatic heterocycles. The lowest BCUT2D eigenvalue weighted by Crippen LogP contribution is -2.04. The van der Waals surface area contributed by atoms with Gasteiger partial charge in [0.25, 0.3) is 0 Å². The van der Waals surface area contributed by atoms with Gasteiger partial charge in [-0.2, -0.15) is 0 Å². The van der Waals surface area contributed by atoms with Crippen molar-refractivity contribution in [2.75, 3.05) is 5.73 Å². The van der Waals surface area contributed by atoms with Crippen LogP contribution in [-0.4, -0.2) is 9.97 Å². The van der Waals surface area contributed by atoms with E-state index in [1.165, 1.54) is 18.5 Å². The molecule has 0 aliphatic carbocycles. The SMILES string of the molecule is CC(C)c1c(N)ncnc1Oc1cc(Cl)c(Cl)cc1Cl. The van der Waals surface area contributed by atoms with E-state index in [9.17, 15) is 0 Å². The fraction of sp³-hybridized carbons (Fsp3) is 0.231. The van der Waals surface area contributed by atoms with Crippen LogP contribution in [0.2, 0.25) is 15.1 Å². The van der Waals surface area contributed by atoms with Gasteiger partial charge >= 0.3 is 0 Å². The molecule has 106 valence electrons. The van der Waals surface area contributed by atoms with Crippen LogP contribution in [0.15, 0.2) is 18.5 Å². The average Bonchev–Trinajstić information content (AvgIpc) is 2.35. The summed E-state index contributed by atoms with van der Waals surface area (Å²) in [4.78, 5) is 8.06. The van der Waals surface area contributed by atoms with E-state index in [0.717, 1.165) is 5.56 Å². The molecule has 2 rings (SSSR count). The zero-order chi connectivity index (χ0) is 14.9. The van der Waals surface area contributed by atoms with Crippen molar-refractivity contribution in [2.24, 2.45) is 0 Å². The summed E-state index contributed by atoms with van der Waals surface area (Å²) in [7, 11) is 0. The normalized spacial score (nSPS) is 10.9. The number of nitrogens with two attached hydrogens (primary N) is 1. The molecule has 0 spiro atoms. The summed E-state index contributed by atoms with van der Waals surface area (Å²) in [6, 6.07) is 3.05. The molecule has 0 saturated carbocycles. The molecule has 0 amide bonds. The van der Waals surface area contributed by atoms with E-state index in [1.54, 1.807) is 0 Å². The largest absolute Gasteiger partial charge is 0.437 e. The summed E-state index contributed by atoms with van der Waals surface area (Å²) in [6.07, 6.45) is 1.34. The summed E-state index contributed by atoms with van der Waals surface area (Å²) >= 11 is 17.9. The number of nitrogen functional groups attached to an aromatic ring is 1. The summed E-state index contributed by atoms with van der Waals surface area (Å²) in [5, 5.41) is 1.04. The number of aromatic nitrogens is 2. The second kappa shape index (κ2) is 6.04. The highest BCUT2D eigenvalue weighted by molar-refractivity contribution is 6.43. The minimum absolute atomic E-state index is 0.104. The third kappa shape index (κ3) is 3.08. The number of rotatable bonds is 3. The molecule has 7 heteroatoms. The van der Waals surface area contributed by atoms with Crippen molar-refractivity contribution in [3.8, 4) is 11.6 Å². The molecule has 0 saturated heterocycles. The number of anilines is 1. The molecule has 2 N–H and O–H groups in total. The van der Waals surface area contributed by atoms with Gasteiger partial charge in [0.05, 0.1) is 20.6 Å². The van der Waals surface area contributed by atoms with Crippen LogP contribution in [0.3, 0.4) is 0 Å². The second-order valence-electron chi connectivity index (χ2n) is 4.43. The first-order valence-electron chi connectivity index (χ1n) is 5.83. The van der Waals surface area contributed by atoms with E-state index < -0.39 is 0 Å². The Labute approximate surface area is 131 Å². The minimum atomic E-state index is 0.104. The molecule has 0 atom stereocenters. The third-order valence-electron chi connectivity index (χ3n) is 2.64. The molecule has 20 heavy (non-hydrogen) atoms. The molecule has 4 nitrogen and oxygen atoms in total. The molecular weight excluding hydrogens is 321 g/mol. The standard InChI is InChI=1S/C13H12Cl3N3O/c1-6(2)11-12(17)18-5-19-13(11)20-10-4-8(15)7(14)3-9(10)16/h3-6H,1-2H3,(H2,17,18,19). The highest BCUT2D eigenvalue weighted by atomic mass is 35.5. The lowest BCUT2D eigenvalue weighted by atomic mass is 10.1. The van der Waals surface area contributed by atoms with Crippen LogP contribution in [-0.2, 0) is 0 Å². The first kappa shape index (κ1) is 15.2. The molecule has 0 aliphatic heterocycles. The number of benzene rings is 1. The quantitative estimate of drug-likeness (QED) is 0.809. The van der Waals surface area contributed by atoms with Gasteiger partial charge in [0.15, 0.2) is 0 Å². The molecular formula is C13H12Cl3N3O. The fourth-order valence-corrected chi connectivity index (χ4v) is 2.28. The lowest BCUT2D eigenvalue weighted by Gasteiger charge is -2.14. The summed E-state index contributed by atoms with van der Waals surface area (Å²) in [5.74, 6) is 1.20. The Morgan fingerprint density at radius 2 is 1.70 bits per heavy atom. The number of nitrogens with zero attached hydrogens (tertiary/aromatic N) is 2. The molecule has 1 aromatic carbocycles. The maximum Gasteiger partial charge on any atom is 0.227 e. The van der Waals surface area contributed by atoms with Crippen LogP contribution in [0.4, 0.5) is 5.82 Å². The van der Waals surface area contributed by atoms with Crippen LogP contribution in [0.5, 0.6) is 11.6 Å². The van der Waals surface area contributed by atoms with E-state index in [-0.39, 0.29) is 5.92 Å². The van der Waals surface area contributed by atoms with Crippen LogP contribution >= 0.6 is 34.8 Å². The third-order valence-corrected chi connectivity index (χ3v) is 3.65. The Morgan fingerprint density at radius 3 is 2.35 bits per heavy atom. The number of ether oxygens (including phenoxy) is 1. The van der Waals surface area contributed by atoms with E-state index in [1.807, 2.05) is 13.8 Å². The predicted octanol–water partition coefficient (Wildman–Crippen LogP) is 4.93. The fourth-order valence-electron chi connectivity index (χ4n) is 1.70. The summed E-state index contributed by atoms with van der Waals surface area (Å²) in [5.41, 5.74) is 6.57. The van der Waals surface area contributed by atoms with Crippen LogP contribution in [0, 0.1) is 0 Å². The minimum Gasteiger partial charge on any atom is -0.437 e. The average molecular weight is 333 g/mol. The monoisotopic (exact) mass is 331 g/mol. The Balaban J connectivity index is 2.45. The molecule has 0 radical (unpaired) electrons. The molecule has 1 heterocycles. The van der Waals surface area contributed by atoms with Crippen molar-refractivity contribution in [1.29, 1.82) is 0 Å². The van der Waals surface area contributed by atoms with Crippen molar-refractivity contribution in [2.45, 2.75) is 19.8 Å². The van der Waals surface area contributed by atoms with Gasteiger partial charge in [0.1, 0.15) is 17.9 Å². The Kier molecular flexibility index (Phi) is 4.58. The molecule has 0 aliphatic rings. The summed E-state index contributed by atoms with van der Waals surface area (Å²) < 4.78 is 5.71. The smallest absolute Gasteiger partial charge is 0.227 e. The highest BCUT2D eigenvalue weighted by Crippen LogP contribution is 2.38. The van der Waals surface area contributed by atoms with Gasteiger partial charge in [0, 0.05) is 6.07 Å². The predicted molar refractivity (Wildman–Crippen MR) is 82.1 cm³/mol. The number of hydrogen-bond donors (Lipinski definition) is 1. The van der Waals surface area contributed by atoms with Gasteiger partial charge in [0.2, 0.25) is 5.88 Å². The van der Waals surface area contributed by atoms with Gasteiger partial charge in [-0.1, -0.05) is 48.7 Å². The van der Waals surface area contributed by atoms with E-state index >= 15 is 0 Å². The van der Waals surface area contributed by atoms with Crippen molar-refractivity contribution in [3.63, 3.8) is 0 Å². The van der Waals surface area contributed by atoms with Crippen molar-refractivity contribution in [1.82, 2.24) is 9.97 Å². The maximum atomic E-state index is 6.08. The van der Waals surface area contributed by atoms with Gasteiger partial charge < -0.3 is 10.5 Å². The number of halogens is 3. The summed E-state index contributed by atoms with van der Waals surface area (Å²) in [6.45, 7) is 3.94. The van der Waals surface area contributed by atoms with Gasteiger partial charge in [-0.25, -0.2) is 9.97 Å². The lowest BCUT2D eigenvalue weighted by molar-refractivity contribution is 0.452. The van der Waals surface area contributed by atoms with Crippen LogP contribution in [0.25, 0.3) is 0 Å². The highest BCUT2D eigenvalue weighted by Gasteiger charge is 2.17. The van der Waals surface area contributed by atoms with E-state index in [0.29, 0.717) is 32.5 Å². The van der Waals surface area contributed by atoms with E-state index in [4.69, 9.17) is 45.3 Å². The molecule has 2 aromatic rings. The zero-order valence-electron chi connectivity index (χ0n) is 10.8. The second-order valence-corrected chi connectivity index (χ2v) is 5.65. The van der Waals surface area contributed by atoms with Crippen LogP contribution < -0.4 is 10.5 Å². The first-order chi connectivity index (χ1) is 9.40. The van der Waals surface area contributed by atoms with Crippen LogP contribution in [0.1, 0.15) is 25.3 Å². The zero-order valence-corrected chi connectivity index (χ0v) is 13.1. The van der Waals surface area contributed by atoms with Crippen molar-refractivity contribution >= 4 is 40.6 Å². The topological polar surface area (TPSA) is 61.0 Å². The van der Waals surface area contributed by atoms with E-state index in [2.05, 4.69) is 9.97 Å². The van der Waals surface area contributed by atoms with Crippen molar-refractivity contribution < 1.29 is 4.74 Å². The van der Waals surface area contributed by atoms with Crippen molar-refractivity contribution in [3.05, 3.63) is 39.1 Å².